The number of aromatic amines is 1. The molecule has 4 nitrogen and oxygen atoms in total. The number of amides is 1. The summed E-state index contributed by atoms with van der Waals surface area (Å²) in [7, 11) is 0. The lowest BCUT2D eigenvalue weighted by Crippen LogP contribution is -2.45. The standard InChI is InChI=1S/C12H18ClN3O/c1-8(14)9-3-2-4-16(7-9)12(17)11-5-10(13)6-15-11/h5-6,8-9,15H,2-4,7,14H2,1H3/t8-,9-/m1/s1. The van der Waals surface area contributed by atoms with Gasteiger partial charge in [0, 0.05) is 25.3 Å². The van der Waals surface area contributed by atoms with Gasteiger partial charge in [0.1, 0.15) is 5.69 Å². The summed E-state index contributed by atoms with van der Waals surface area (Å²) in [6.07, 6.45) is 3.75. The Kier molecular flexibility index (Phi) is 3.74. The molecule has 1 aliphatic heterocycles. The van der Waals surface area contributed by atoms with Gasteiger partial charge in [-0.3, -0.25) is 4.79 Å². The zero-order valence-electron chi connectivity index (χ0n) is 9.95. The smallest absolute Gasteiger partial charge is 0.270 e. The van der Waals surface area contributed by atoms with Crippen LogP contribution in [0.25, 0.3) is 0 Å². The van der Waals surface area contributed by atoms with Gasteiger partial charge in [-0.05, 0) is 31.7 Å². The monoisotopic (exact) mass is 255 g/mol. The number of rotatable bonds is 2. The molecule has 3 N–H and O–H groups in total. The Hall–Kier alpha value is -1.00. The first-order valence-corrected chi connectivity index (χ1v) is 6.34. The normalized spacial score (nSPS) is 22.5. The molecule has 0 aromatic carbocycles. The van der Waals surface area contributed by atoms with Crippen molar-refractivity contribution in [2.24, 2.45) is 11.7 Å². The first kappa shape index (κ1) is 12.5. The van der Waals surface area contributed by atoms with E-state index in [1.807, 2.05) is 11.8 Å². The molecule has 1 fully saturated rings. The van der Waals surface area contributed by atoms with Crippen LogP contribution < -0.4 is 5.73 Å². The van der Waals surface area contributed by atoms with Crippen molar-refractivity contribution >= 4 is 17.5 Å². The average Bonchev–Trinajstić information content (AvgIpc) is 2.75. The highest BCUT2D eigenvalue weighted by atomic mass is 35.5. The number of nitrogens with zero attached hydrogens (tertiary/aromatic N) is 1. The van der Waals surface area contributed by atoms with Crippen molar-refractivity contribution in [2.75, 3.05) is 13.1 Å². The van der Waals surface area contributed by atoms with Crippen molar-refractivity contribution in [3.63, 3.8) is 0 Å². The first-order chi connectivity index (χ1) is 8.08. The minimum absolute atomic E-state index is 0.0160. The fraction of sp³-hybridized carbons (Fsp3) is 0.583. The first-order valence-electron chi connectivity index (χ1n) is 5.96. The fourth-order valence-corrected chi connectivity index (χ4v) is 2.45. The Morgan fingerprint density at radius 2 is 2.47 bits per heavy atom. The third-order valence-electron chi connectivity index (χ3n) is 3.37. The van der Waals surface area contributed by atoms with Crippen molar-refractivity contribution in [1.29, 1.82) is 0 Å². The number of nitrogens with one attached hydrogen (secondary N) is 1. The number of hydrogen-bond acceptors (Lipinski definition) is 2. The van der Waals surface area contributed by atoms with Gasteiger partial charge in [0.05, 0.1) is 5.02 Å². The lowest BCUT2D eigenvalue weighted by Gasteiger charge is -2.34. The second-order valence-corrected chi connectivity index (χ2v) is 5.18. The molecule has 5 heteroatoms. The number of halogens is 1. The molecule has 1 saturated heterocycles. The van der Waals surface area contributed by atoms with Gasteiger partial charge in [-0.1, -0.05) is 11.6 Å². The number of hydrogen-bond donors (Lipinski definition) is 2. The maximum atomic E-state index is 12.2. The van der Waals surface area contributed by atoms with E-state index in [9.17, 15) is 4.79 Å². The SMILES string of the molecule is C[C@@H](N)[C@@H]1CCCN(C(=O)c2cc(Cl)c[nH]2)C1. The van der Waals surface area contributed by atoms with Crippen LogP contribution in [0.15, 0.2) is 12.3 Å². The maximum absolute atomic E-state index is 12.2. The Bertz CT molecular complexity index is 402. The molecule has 17 heavy (non-hydrogen) atoms. The molecule has 1 aliphatic rings. The third kappa shape index (κ3) is 2.82. The second kappa shape index (κ2) is 5.10. The van der Waals surface area contributed by atoms with Gasteiger partial charge < -0.3 is 15.6 Å². The van der Waals surface area contributed by atoms with Crippen molar-refractivity contribution in [3.05, 3.63) is 23.0 Å². The minimum Gasteiger partial charge on any atom is -0.356 e. The van der Waals surface area contributed by atoms with Crippen molar-refractivity contribution in [1.82, 2.24) is 9.88 Å². The van der Waals surface area contributed by atoms with Gasteiger partial charge in [0.15, 0.2) is 0 Å². The Morgan fingerprint density at radius 3 is 3.06 bits per heavy atom. The van der Waals surface area contributed by atoms with Crippen LogP contribution in [0.2, 0.25) is 5.02 Å². The van der Waals surface area contributed by atoms with Crippen LogP contribution in [0.3, 0.4) is 0 Å². The van der Waals surface area contributed by atoms with Crippen LogP contribution in [0.1, 0.15) is 30.3 Å². The Balaban J connectivity index is 2.04. The van der Waals surface area contributed by atoms with Crippen molar-refractivity contribution in [2.45, 2.75) is 25.8 Å². The predicted molar refractivity (Wildman–Crippen MR) is 68.1 cm³/mol. The van der Waals surface area contributed by atoms with E-state index >= 15 is 0 Å². The number of aromatic nitrogens is 1. The molecular weight excluding hydrogens is 238 g/mol. The zero-order chi connectivity index (χ0) is 12.4. The van der Waals surface area contributed by atoms with Gasteiger partial charge in [-0.2, -0.15) is 0 Å². The van der Waals surface area contributed by atoms with Crippen LogP contribution >= 0.6 is 11.6 Å². The molecule has 0 unspecified atom stereocenters. The summed E-state index contributed by atoms with van der Waals surface area (Å²) in [5, 5.41) is 0.564. The van der Waals surface area contributed by atoms with E-state index in [4.69, 9.17) is 17.3 Å². The summed E-state index contributed by atoms with van der Waals surface area (Å²) in [6.45, 7) is 3.55. The van der Waals surface area contributed by atoms with Crippen LogP contribution in [0.4, 0.5) is 0 Å². The van der Waals surface area contributed by atoms with Crippen LogP contribution in [-0.2, 0) is 0 Å². The molecule has 0 bridgehead atoms. The summed E-state index contributed by atoms with van der Waals surface area (Å²) >= 11 is 5.80. The van der Waals surface area contributed by atoms with Gasteiger partial charge in [0.2, 0.25) is 0 Å². The molecule has 0 saturated carbocycles. The van der Waals surface area contributed by atoms with E-state index in [0.717, 1.165) is 25.9 Å². The molecule has 0 spiro atoms. The van der Waals surface area contributed by atoms with Gasteiger partial charge in [-0.25, -0.2) is 0 Å². The number of nitrogens with two attached hydrogens (primary N) is 1. The molecule has 0 aliphatic carbocycles. The van der Waals surface area contributed by atoms with E-state index in [2.05, 4.69) is 4.98 Å². The number of carbonyl (C=O) groups is 1. The highest BCUT2D eigenvalue weighted by molar-refractivity contribution is 6.30. The fourth-order valence-electron chi connectivity index (χ4n) is 2.29. The molecular formula is C12H18ClN3O. The van der Waals surface area contributed by atoms with Crippen molar-refractivity contribution in [3.8, 4) is 0 Å². The van der Waals surface area contributed by atoms with E-state index in [0.29, 0.717) is 16.6 Å². The average molecular weight is 256 g/mol. The van der Waals surface area contributed by atoms with Crippen molar-refractivity contribution < 1.29 is 4.79 Å². The van der Waals surface area contributed by atoms with Crippen LogP contribution in [0.5, 0.6) is 0 Å². The third-order valence-corrected chi connectivity index (χ3v) is 3.59. The summed E-state index contributed by atoms with van der Waals surface area (Å²) in [5.74, 6) is 0.417. The molecule has 1 amide bonds. The van der Waals surface area contributed by atoms with Gasteiger partial charge >= 0.3 is 0 Å². The van der Waals surface area contributed by atoms with Crippen LogP contribution in [0, 0.1) is 5.92 Å². The number of H-pyrrole nitrogens is 1. The molecule has 0 radical (unpaired) electrons. The molecule has 1 aromatic heterocycles. The van der Waals surface area contributed by atoms with Gasteiger partial charge in [-0.15, -0.1) is 0 Å². The molecule has 2 atom stereocenters. The lowest BCUT2D eigenvalue weighted by molar-refractivity contribution is 0.0655. The van der Waals surface area contributed by atoms with E-state index in [-0.39, 0.29) is 11.9 Å². The van der Waals surface area contributed by atoms with Crippen LogP contribution in [-0.4, -0.2) is 34.9 Å². The summed E-state index contributed by atoms with van der Waals surface area (Å²) in [6, 6.07) is 1.80. The zero-order valence-corrected chi connectivity index (χ0v) is 10.7. The summed E-state index contributed by atoms with van der Waals surface area (Å²) < 4.78 is 0. The molecule has 2 rings (SSSR count). The second-order valence-electron chi connectivity index (χ2n) is 4.74. The molecule has 1 aromatic rings. The molecule has 94 valence electrons. The number of likely N-dealkylation sites (tertiary alicyclic amines) is 1. The largest absolute Gasteiger partial charge is 0.356 e. The Labute approximate surface area is 106 Å². The Morgan fingerprint density at radius 1 is 1.71 bits per heavy atom. The highest BCUT2D eigenvalue weighted by Gasteiger charge is 2.26. The van der Waals surface area contributed by atoms with E-state index in [1.54, 1.807) is 12.3 Å². The van der Waals surface area contributed by atoms with E-state index in [1.165, 1.54) is 0 Å². The minimum atomic E-state index is 0.0160. The highest BCUT2D eigenvalue weighted by Crippen LogP contribution is 2.21. The predicted octanol–water partition coefficient (Wildman–Crippen LogP) is 1.87. The number of piperidine rings is 1. The topological polar surface area (TPSA) is 62.1 Å². The summed E-state index contributed by atoms with van der Waals surface area (Å²) in [4.78, 5) is 16.9. The maximum Gasteiger partial charge on any atom is 0.270 e. The lowest BCUT2D eigenvalue weighted by atomic mass is 9.92. The number of carbonyl (C=O) groups excluding carboxylic acids is 1. The molecule has 2 heterocycles. The quantitative estimate of drug-likeness (QED) is 0.848. The van der Waals surface area contributed by atoms with Gasteiger partial charge in [0.25, 0.3) is 5.91 Å². The summed E-state index contributed by atoms with van der Waals surface area (Å²) in [5.41, 5.74) is 6.46. The van der Waals surface area contributed by atoms with E-state index < -0.39 is 0 Å².